The van der Waals surface area contributed by atoms with Crippen molar-refractivity contribution in [2.45, 2.75) is 44.9 Å². The van der Waals surface area contributed by atoms with Crippen molar-refractivity contribution >= 4 is 0 Å². The lowest BCUT2D eigenvalue weighted by molar-refractivity contribution is 0.551. The van der Waals surface area contributed by atoms with Gasteiger partial charge in [0.1, 0.15) is 0 Å². The van der Waals surface area contributed by atoms with Crippen LogP contribution in [0.5, 0.6) is 0 Å². The highest BCUT2D eigenvalue weighted by atomic mass is 15.1. The van der Waals surface area contributed by atoms with Crippen LogP contribution in [0.2, 0.25) is 0 Å². The van der Waals surface area contributed by atoms with E-state index in [0.29, 0.717) is 11.8 Å². The zero-order valence-corrected chi connectivity index (χ0v) is 9.01. The average molecular weight is 193 g/mol. The van der Waals surface area contributed by atoms with Gasteiger partial charge in [-0.2, -0.15) is 5.10 Å². The van der Waals surface area contributed by atoms with Crippen molar-refractivity contribution in [1.29, 1.82) is 0 Å². The van der Waals surface area contributed by atoms with E-state index < -0.39 is 0 Å². The molecule has 0 saturated heterocycles. The highest BCUT2D eigenvalue weighted by Gasteiger charge is 2.25. The van der Waals surface area contributed by atoms with Crippen LogP contribution in [0.3, 0.4) is 0 Å². The first-order valence-electron chi connectivity index (χ1n) is 5.51. The Morgan fingerprint density at radius 2 is 2.36 bits per heavy atom. The lowest BCUT2D eigenvalue weighted by Gasteiger charge is -2.22. The molecule has 0 amide bonds. The van der Waals surface area contributed by atoms with E-state index in [2.05, 4.69) is 24.0 Å². The maximum atomic E-state index is 5.80. The number of fused-ring (bicyclic) bond motifs is 1. The molecule has 1 aliphatic rings. The summed E-state index contributed by atoms with van der Waals surface area (Å²) in [6, 6.07) is 0. The number of nitrogens with zero attached hydrogens (tertiary/aromatic N) is 1. The molecule has 0 spiro atoms. The summed E-state index contributed by atoms with van der Waals surface area (Å²) in [5.74, 6) is 1.04. The van der Waals surface area contributed by atoms with E-state index in [1.165, 1.54) is 29.8 Å². The molecule has 14 heavy (non-hydrogen) atoms. The molecule has 1 aliphatic carbocycles. The number of aryl methyl sites for hydroxylation is 1. The Morgan fingerprint density at radius 1 is 1.57 bits per heavy atom. The topological polar surface area (TPSA) is 54.7 Å². The van der Waals surface area contributed by atoms with Gasteiger partial charge in [-0.1, -0.05) is 13.8 Å². The van der Waals surface area contributed by atoms with Crippen LogP contribution in [0.15, 0.2) is 0 Å². The fourth-order valence-corrected chi connectivity index (χ4v) is 2.39. The Bertz CT molecular complexity index is 314. The third kappa shape index (κ3) is 1.46. The predicted molar refractivity (Wildman–Crippen MR) is 57.4 cm³/mol. The Hall–Kier alpha value is -0.830. The molecule has 1 atom stereocenters. The number of hydrogen-bond acceptors (Lipinski definition) is 2. The van der Waals surface area contributed by atoms with E-state index in [9.17, 15) is 0 Å². The number of nitrogens with one attached hydrogen (secondary N) is 1. The zero-order chi connectivity index (χ0) is 10.1. The van der Waals surface area contributed by atoms with Crippen LogP contribution in [0.4, 0.5) is 0 Å². The molecule has 1 heterocycles. The summed E-state index contributed by atoms with van der Waals surface area (Å²) in [5.41, 5.74) is 9.79. The number of H-pyrrole nitrogens is 1. The van der Waals surface area contributed by atoms with Crippen LogP contribution in [-0.2, 0) is 6.42 Å². The number of rotatable bonds is 2. The summed E-state index contributed by atoms with van der Waals surface area (Å²) in [4.78, 5) is 0. The molecule has 0 aromatic carbocycles. The van der Waals surface area contributed by atoms with Crippen LogP contribution in [0.1, 0.15) is 55.5 Å². The molecule has 1 aromatic rings. The van der Waals surface area contributed by atoms with Gasteiger partial charge < -0.3 is 5.73 Å². The summed E-state index contributed by atoms with van der Waals surface area (Å²) in [5, 5.41) is 7.58. The van der Waals surface area contributed by atoms with Crippen molar-refractivity contribution in [3.8, 4) is 0 Å². The van der Waals surface area contributed by atoms with Gasteiger partial charge in [0.25, 0.3) is 0 Å². The van der Waals surface area contributed by atoms with E-state index in [0.717, 1.165) is 13.0 Å². The number of aromatic nitrogens is 2. The van der Waals surface area contributed by atoms with Crippen molar-refractivity contribution in [2.24, 2.45) is 5.73 Å². The summed E-state index contributed by atoms with van der Waals surface area (Å²) in [6.45, 7) is 5.14. The molecule has 0 radical (unpaired) electrons. The minimum absolute atomic E-state index is 0.502. The van der Waals surface area contributed by atoms with Crippen molar-refractivity contribution in [3.05, 3.63) is 17.0 Å². The fraction of sp³-hybridized carbons (Fsp3) is 0.727. The molecule has 3 N–H and O–H groups in total. The van der Waals surface area contributed by atoms with Crippen LogP contribution in [0, 0.1) is 0 Å². The molecular formula is C11H19N3. The first kappa shape index (κ1) is 9.71. The third-order valence-corrected chi connectivity index (χ3v) is 3.13. The SMILES string of the molecule is CC(C)c1n[nH]c2c1C(CN)CCC2. The number of nitrogens with two attached hydrogens (primary N) is 1. The molecule has 0 saturated carbocycles. The molecule has 0 bridgehead atoms. The van der Waals surface area contributed by atoms with E-state index in [4.69, 9.17) is 5.73 Å². The van der Waals surface area contributed by atoms with E-state index in [1.54, 1.807) is 0 Å². The normalized spacial score (nSPS) is 21.3. The van der Waals surface area contributed by atoms with Crippen molar-refractivity contribution in [3.63, 3.8) is 0 Å². The van der Waals surface area contributed by atoms with Gasteiger partial charge in [0.15, 0.2) is 0 Å². The molecule has 0 fully saturated rings. The standard InChI is InChI=1S/C11H19N3/c1-7(2)11-10-8(6-12)4-3-5-9(10)13-14-11/h7-8H,3-6,12H2,1-2H3,(H,13,14). The molecule has 3 heteroatoms. The Labute approximate surface area is 85.1 Å². The Morgan fingerprint density at radius 3 is 3.00 bits per heavy atom. The summed E-state index contributed by atoms with van der Waals surface area (Å²) in [7, 11) is 0. The molecule has 3 nitrogen and oxygen atoms in total. The minimum atomic E-state index is 0.502. The van der Waals surface area contributed by atoms with Crippen molar-refractivity contribution in [2.75, 3.05) is 6.54 Å². The van der Waals surface area contributed by atoms with Gasteiger partial charge in [-0.05, 0) is 37.6 Å². The Balaban J connectivity index is 2.41. The molecule has 1 aromatic heterocycles. The van der Waals surface area contributed by atoms with Crippen LogP contribution in [0.25, 0.3) is 0 Å². The fourth-order valence-electron chi connectivity index (χ4n) is 2.39. The summed E-state index contributed by atoms with van der Waals surface area (Å²) < 4.78 is 0. The first-order chi connectivity index (χ1) is 6.74. The monoisotopic (exact) mass is 193 g/mol. The maximum Gasteiger partial charge on any atom is 0.0685 e. The second-order valence-corrected chi connectivity index (χ2v) is 4.48. The van der Waals surface area contributed by atoms with Gasteiger partial charge in [0.05, 0.1) is 5.69 Å². The maximum absolute atomic E-state index is 5.80. The summed E-state index contributed by atoms with van der Waals surface area (Å²) in [6.07, 6.45) is 3.61. The second kappa shape index (κ2) is 3.73. The first-order valence-corrected chi connectivity index (χ1v) is 5.51. The minimum Gasteiger partial charge on any atom is -0.330 e. The third-order valence-electron chi connectivity index (χ3n) is 3.13. The average Bonchev–Trinajstić information content (AvgIpc) is 2.60. The smallest absolute Gasteiger partial charge is 0.0685 e. The number of hydrogen-bond donors (Lipinski definition) is 2. The van der Waals surface area contributed by atoms with Crippen LogP contribution < -0.4 is 5.73 Å². The zero-order valence-electron chi connectivity index (χ0n) is 9.01. The van der Waals surface area contributed by atoms with Gasteiger partial charge in [-0.25, -0.2) is 0 Å². The molecule has 0 aliphatic heterocycles. The van der Waals surface area contributed by atoms with E-state index >= 15 is 0 Å². The van der Waals surface area contributed by atoms with E-state index in [1.807, 2.05) is 0 Å². The van der Waals surface area contributed by atoms with Gasteiger partial charge in [-0.15, -0.1) is 0 Å². The van der Waals surface area contributed by atoms with Gasteiger partial charge in [-0.3, -0.25) is 5.10 Å². The van der Waals surface area contributed by atoms with Crippen molar-refractivity contribution < 1.29 is 0 Å². The van der Waals surface area contributed by atoms with Crippen LogP contribution >= 0.6 is 0 Å². The molecule has 78 valence electrons. The van der Waals surface area contributed by atoms with Crippen molar-refractivity contribution in [1.82, 2.24) is 10.2 Å². The molecular weight excluding hydrogens is 174 g/mol. The molecule has 2 rings (SSSR count). The second-order valence-electron chi connectivity index (χ2n) is 4.48. The lowest BCUT2D eigenvalue weighted by Crippen LogP contribution is -2.18. The highest BCUT2D eigenvalue weighted by Crippen LogP contribution is 2.34. The molecule has 1 unspecified atom stereocenters. The van der Waals surface area contributed by atoms with Gasteiger partial charge in [0, 0.05) is 11.3 Å². The highest BCUT2D eigenvalue weighted by molar-refractivity contribution is 5.33. The predicted octanol–water partition coefficient (Wildman–Crippen LogP) is 1.91. The quantitative estimate of drug-likeness (QED) is 0.754. The lowest BCUT2D eigenvalue weighted by atomic mass is 9.83. The van der Waals surface area contributed by atoms with Crippen LogP contribution in [-0.4, -0.2) is 16.7 Å². The van der Waals surface area contributed by atoms with Gasteiger partial charge in [0.2, 0.25) is 0 Å². The Kier molecular flexibility index (Phi) is 2.59. The van der Waals surface area contributed by atoms with Gasteiger partial charge >= 0.3 is 0 Å². The largest absolute Gasteiger partial charge is 0.330 e. The number of aromatic amines is 1. The van der Waals surface area contributed by atoms with E-state index in [-0.39, 0.29) is 0 Å². The summed E-state index contributed by atoms with van der Waals surface area (Å²) >= 11 is 0.